The van der Waals surface area contributed by atoms with E-state index in [-0.39, 0.29) is 12.5 Å². The summed E-state index contributed by atoms with van der Waals surface area (Å²) in [5.41, 5.74) is 1.93. The number of aryl methyl sites for hydroxylation is 1. The van der Waals surface area contributed by atoms with Gasteiger partial charge < -0.3 is 9.73 Å². The van der Waals surface area contributed by atoms with Gasteiger partial charge in [-0.25, -0.2) is 0 Å². The van der Waals surface area contributed by atoms with Crippen LogP contribution in [0.4, 0.5) is 13.2 Å². The van der Waals surface area contributed by atoms with Gasteiger partial charge in [0.25, 0.3) is 0 Å². The molecular weight excluding hydrogens is 279 g/mol. The highest BCUT2D eigenvalue weighted by Gasteiger charge is 2.25. The molecule has 0 amide bonds. The number of benzene rings is 1. The lowest BCUT2D eigenvalue weighted by molar-refractivity contribution is -0.135. The van der Waals surface area contributed by atoms with Gasteiger partial charge in [0.1, 0.15) is 11.3 Å². The molecule has 21 heavy (non-hydrogen) atoms. The van der Waals surface area contributed by atoms with Crippen molar-refractivity contribution in [3.05, 3.63) is 35.6 Å². The lowest BCUT2D eigenvalue weighted by atomic mass is 10.1. The predicted octanol–water partition coefficient (Wildman–Crippen LogP) is 5.12. The zero-order valence-corrected chi connectivity index (χ0v) is 12.3. The highest BCUT2D eigenvalue weighted by atomic mass is 19.4. The number of hydrogen-bond donors (Lipinski definition) is 1. The van der Waals surface area contributed by atoms with E-state index < -0.39 is 12.6 Å². The minimum absolute atomic E-state index is 0.0108. The molecule has 0 aliphatic rings. The van der Waals surface area contributed by atoms with Crippen LogP contribution >= 0.6 is 0 Å². The monoisotopic (exact) mass is 299 g/mol. The molecule has 2 nitrogen and oxygen atoms in total. The zero-order valence-electron chi connectivity index (χ0n) is 12.3. The SMILES string of the molecule is Cc1c(C(C)NCCCCC(F)(F)F)oc2ccccc12. The Morgan fingerprint density at radius 3 is 2.57 bits per heavy atom. The number of rotatable bonds is 6. The topological polar surface area (TPSA) is 25.2 Å². The Balaban J connectivity index is 1.88. The normalized spacial score (nSPS) is 13.8. The van der Waals surface area contributed by atoms with Crippen LogP contribution in [0.3, 0.4) is 0 Å². The van der Waals surface area contributed by atoms with E-state index in [1.807, 2.05) is 38.1 Å². The molecule has 1 atom stereocenters. The summed E-state index contributed by atoms with van der Waals surface area (Å²) < 4.78 is 42.0. The second-order valence-corrected chi connectivity index (χ2v) is 5.34. The van der Waals surface area contributed by atoms with E-state index in [0.29, 0.717) is 13.0 Å². The molecule has 1 aromatic carbocycles. The molecule has 2 rings (SSSR count). The molecule has 0 saturated carbocycles. The number of para-hydroxylation sites is 1. The molecule has 0 bridgehead atoms. The third kappa shape index (κ3) is 4.24. The van der Waals surface area contributed by atoms with Gasteiger partial charge in [-0.1, -0.05) is 18.2 Å². The van der Waals surface area contributed by atoms with Crippen LogP contribution in [-0.2, 0) is 0 Å². The Bertz CT molecular complexity index is 589. The number of alkyl halides is 3. The van der Waals surface area contributed by atoms with E-state index in [0.717, 1.165) is 22.3 Å². The Morgan fingerprint density at radius 1 is 1.19 bits per heavy atom. The molecule has 0 aliphatic heterocycles. The quantitative estimate of drug-likeness (QED) is 0.748. The first-order valence-corrected chi connectivity index (χ1v) is 7.16. The van der Waals surface area contributed by atoms with E-state index in [4.69, 9.17) is 4.42 Å². The van der Waals surface area contributed by atoms with E-state index in [9.17, 15) is 13.2 Å². The van der Waals surface area contributed by atoms with Crippen molar-refractivity contribution in [3.8, 4) is 0 Å². The number of halogens is 3. The van der Waals surface area contributed by atoms with Gasteiger partial charge in [-0.05, 0) is 44.9 Å². The smallest absolute Gasteiger partial charge is 0.389 e. The standard InChI is InChI=1S/C16H20F3NO/c1-11-13-7-3-4-8-14(13)21-15(11)12(2)20-10-6-5-9-16(17,18)19/h3-4,7-8,12,20H,5-6,9-10H2,1-2H3. The third-order valence-electron chi connectivity index (χ3n) is 3.61. The van der Waals surface area contributed by atoms with Crippen LogP contribution in [0.25, 0.3) is 11.0 Å². The van der Waals surface area contributed by atoms with Gasteiger partial charge in [0.2, 0.25) is 0 Å². The summed E-state index contributed by atoms with van der Waals surface area (Å²) in [5.74, 6) is 0.854. The van der Waals surface area contributed by atoms with Gasteiger partial charge in [0.05, 0.1) is 6.04 Å². The van der Waals surface area contributed by atoms with Crippen LogP contribution in [-0.4, -0.2) is 12.7 Å². The Morgan fingerprint density at radius 2 is 1.90 bits per heavy atom. The zero-order chi connectivity index (χ0) is 15.5. The number of nitrogens with one attached hydrogen (secondary N) is 1. The van der Waals surface area contributed by atoms with Crippen molar-refractivity contribution in [2.45, 2.75) is 45.3 Å². The van der Waals surface area contributed by atoms with Crippen LogP contribution in [0.1, 0.15) is 43.6 Å². The fraction of sp³-hybridized carbons (Fsp3) is 0.500. The Labute approximate surface area is 122 Å². The molecule has 1 aromatic heterocycles. The fourth-order valence-corrected chi connectivity index (χ4v) is 2.47. The maximum atomic E-state index is 12.0. The number of hydrogen-bond acceptors (Lipinski definition) is 2. The van der Waals surface area contributed by atoms with Crippen molar-refractivity contribution in [2.24, 2.45) is 0 Å². The van der Waals surface area contributed by atoms with Crippen LogP contribution in [0.5, 0.6) is 0 Å². The Kier molecular flexibility index (Phi) is 4.93. The molecule has 116 valence electrons. The van der Waals surface area contributed by atoms with E-state index in [1.165, 1.54) is 0 Å². The molecule has 1 unspecified atom stereocenters. The minimum atomic E-state index is -4.05. The van der Waals surface area contributed by atoms with E-state index in [2.05, 4.69) is 5.32 Å². The first-order valence-electron chi connectivity index (χ1n) is 7.16. The Hall–Kier alpha value is -1.49. The molecule has 0 saturated heterocycles. The molecule has 5 heteroatoms. The lowest BCUT2D eigenvalue weighted by Gasteiger charge is -2.12. The van der Waals surface area contributed by atoms with Crippen LogP contribution in [0, 0.1) is 6.92 Å². The average Bonchev–Trinajstić information content (AvgIpc) is 2.75. The van der Waals surface area contributed by atoms with Gasteiger partial charge in [-0.15, -0.1) is 0 Å². The maximum Gasteiger partial charge on any atom is 0.389 e. The number of furan rings is 1. The number of fused-ring (bicyclic) bond motifs is 1. The van der Waals surface area contributed by atoms with Crippen molar-refractivity contribution < 1.29 is 17.6 Å². The predicted molar refractivity (Wildman–Crippen MR) is 77.3 cm³/mol. The molecule has 0 aliphatic carbocycles. The minimum Gasteiger partial charge on any atom is -0.459 e. The summed E-state index contributed by atoms with van der Waals surface area (Å²) in [7, 11) is 0. The lowest BCUT2D eigenvalue weighted by Crippen LogP contribution is -2.20. The van der Waals surface area contributed by atoms with Crippen molar-refractivity contribution in [3.63, 3.8) is 0 Å². The van der Waals surface area contributed by atoms with Crippen molar-refractivity contribution in [1.29, 1.82) is 0 Å². The third-order valence-corrected chi connectivity index (χ3v) is 3.61. The molecule has 2 aromatic rings. The first-order chi connectivity index (χ1) is 9.88. The molecule has 0 fully saturated rings. The van der Waals surface area contributed by atoms with E-state index >= 15 is 0 Å². The van der Waals surface area contributed by atoms with E-state index in [1.54, 1.807) is 0 Å². The average molecular weight is 299 g/mol. The van der Waals surface area contributed by atoms with Gasteiger partial charge in [0.15, 0.2) is 0 Å². The summed E-state index contributed by atoms with van der Waals surface area (Å²) >= 11 is 0. The summed E-state index contributed by atoms with van der Waals surface area (Å²) in [4.78, 5) is 0. The highest BCUT2D eigenvalue weighted by Crippen LogP contribution is 2.29. The molecule has 0 radical (unpaired) electrons. The summed E-state index contributed by atoms with van der Waals surface area (Å²) in [5, 5.41) is 4.31. The maximum absolute atomic E-state index is 12.0. The van der Waals surface area contributed by atoms with Gasteiger partial charge in [-0.3, -0.25) is 0 Å². The molecule has 1 N–H and O–H groups in total. The summed E-state index contributed by atoms with van der Waals surface area (Å²) in [6, 6.07) is 7.80. The van der Waals surface area contributed by atoms with Crippen molar-refractivity contribution in [2.75, 3.05) is 6.54 Å². The molecule has 0 spiro atoms. The number of unbranched alkanes of at least 4 members (excludes halogenated alkanes) is 1. The van der Waals surface area contributed by atoms with Crippen LogP contribution in [0.15, 0.2) is 28.7 Å². The van der Waals surface area contributed by atoms with Crippen molar-refractivity contribution >= 4 is 11.0 Å². The highest BCUT2D eigenvalue weighted by molar-refractivity contribution is 5.82. The first kappa shape index (κ1) is 15.9. The second kappa shape index (κ2) is 6.52. The fourth-order valence-electron chi connectivity index (χ4n) is 2.47. The molecular formula is C16H20F3NO. The van der Waals surface area contributed by atoms with Crippen LogP contribution < -0.4 is 5.32 Å². The van der Waals surface area contributed by atoms with Gasteiger partial charge in [-0.2, -0.15) is 13.2 Å². The van der Waals surface area contributed by atoms with Crippen LogP contribution in [0.2, 0.25) is 0 Å². The second-order valence-electron chi connectivity index (χ2n) is 5.34. The largest absolute Gasteiger partial charge is 0.459 e. The summed E-state index contributed by atoms with van der Waals surface area (Å²) in [6.07, 6.45) is -4.11. The molecule has 1 heterocycles. The van der Waals surface area contributed by atoms with Gasteiger partial charge >= 0.3 is 6.18 Å². The van der Waals surface area contributed by atoms with Gasteiger partial charge in [0, 0.05) is 11.8 Å². The van der Waals surface area contributed by atoms with Crippen molar-refractivity contribution in [1.82, 2.24) is 5.32 Å². The summed E-state index contributed by atoms with van der Waals surface area (Å²) in [6.45, 7) is 4.52.